The molecular formula is C12H29N2NaO9. The van der Waals surface area contributed by atoms with Crippen molar-refractivity contribution in [2.45, 2.75) is 46.8 Å². The molecule has 9 N–H and O–H groups in total. The number of hydrogen-bond acceptors (Lipinski definition) is 7. The molecular weight excluding hydrogens is 339 g/mol. The third-order valence-corrected chi connectivity index (χ3v) is 0.892. The van der Waals surface area contributed by atoms with Gasteiger partial charge in [0.2, 0.25) is 0 Å². The van der Waals surface area contributed by atoms with E-state index in [-0.39, 0.29) is 35.6 Å². The molecule has 0 amide bonds. The molecule has 0 rings (SSSR count). The summed E-state index contributed by atoms with van der Waals surface area (Å²) in [5, 5.41) is 38.3. The van der Waals surface area contributed by atoms with E-state index in [0.29, 0.717) is 6.54 Å². The number of carboxylic acid groups (broad SMARTS) is 4. The van der Waals surface area contributed by atoms with Gasteiger partial charge in [0.1, 0.15) is 0 Å². The van der Waals surface area contributed by atoms with Gasteiger partial charge in [-0.2, -0.15) is 0 Å². The molecule has 0 heterocycles. The summed E-state index contributed by atoms with van der Waals surface area (Å²) in [6.45, 7) is 6.30. The number of aliphatic carboxylic acids is 4. The third-order valence-electron chi connectivity index (χ3n) is 0.892. The van der Waals surface area contributed by atoms with Gasteiger partial charge in [0, 0.05) is 40.3 Å². The number of carboxylic acids is 4. The maximum absolute atomic E-state index is 9.00. The Morgan fingerprint density at radius 2 is 0.917 bits per heavy atom. The second-order valence-electron chi connectivity index (χ2n) is 3.72. The fourth-order valence-corrected chi connectivity index (χ4v) is 0.197. The van der Waals surface area contributed by atoms with Gasteiger partial charge in [-0.15, -0.1) is 0 Å². The van der Waals surface area contributed by atoms with Crippen LogP contribution >= 0.6 is 0 Å². The Balaban J connectivity index is -0.0000000429. The van der Waals surface area contributed by atoms with Crippen LogP contribution in [0.4, 0.5) is 0 Å². The molecule has 0 bridgehead atoms. The van der Waals surface area contributed by atoms with E-state index >= 15 is 0 Å². The standard InChI is InChI=1S/C4H12N2O.4C2H4O2.Na.H/c1-3(7)4(6)2-5;4*1-2(3)4;;/h3-4,7H,2,5-6H2,1H3;4*1H3,(H,3,4);;. The average molecular weight is 368 g/mol. The van der Waals surface area contributed by atoms with E-state index in [0.717, 1.165) is 27.7 Å². The zero-order chi connectivity index (χ0) is 20.2. The summed E-state index contributed by atoms with van der Waals surface area (Å²) >= 11 is 0. The quantitative estimate of drug-likeness (QED) is 0.274. The van der Waals surface area contributed by atoms with Crippen LogP contribution in [0.15, 0.2) is 0 Å². The van der Waals surface area contributed by atoms with Crippen molar-refractivity contribution in [1.29, 1.82) is 0 Å². The Bertz CT molecular complexity index is 262. The van der Waals surface area contributed by atoms with Crippen molar-refractivity contribution in [2.24, 2.45) is 11.5 Å². The van der Waals surface area contributed by atoms with Crippen molar-refractivity contribution >= 4 is 53.4 Å². The van der Waals surface area contributed by atoms with Crippen LogP contribution in [0.1, 0.15) is 34.6 Å². The van der Waals surface area contributed by atoms with E-state index in [1.54, 1.807) is 6.92 Å². The molecule has 0 aromatic rings. The predicted octanol–water partition coefficient (Wildman–Crippen LogP) is -1.63. The zero-order valence-electron chi connectivity index (χ0n) is 13.9. The zero-order valence-corrected chi connectivity index (χ0v) is 13.9. The number of carbonyl (C=O) groups is 4. The summed E-state index contributed by atoms with van der Waals surface area (Å²) in [6, 6.07) is -0.264. The van der Waals surface area contributed by atoms with Crippen LogP contribution in [-0.2, 0) is 19.2 Å². The Hall–Kier alpha value is -1.24. The first-order valence-electron chi connectivity index (χ1n) is 6.03. The van der Waals surface area contributed by atoms with Gasteiger partial charge in [0.15, 0.2) is 0 Å². The topological polar surface area (TPSA) is 221 Å². The van der Waals surface area contributed by atoms with Crippen LogP contribution in [-0.4, -0.2) is 97.7 Å². The van der Waals surface area contributed by atoms with Crippen molar-refractivity contribution in [1.82, 2.24) is 0 Å². The van der Waals surface area contributed by atoms with Crippen LogP contribution in [0.5, 0.6) is 0 Å². The average Bonchev–Trinajstić information content (AvgIpc) is 2.24. The summed E-state index contributed by atoms with van der Waals surface area (Å²) in [6.07, 6.45) is -0.481. The molecule has 11 nitrogen and oxygen atoms in total. The number of hydrogen-bond donors (Lipinski definition) is 7. The molecule has 0 saturated carbocycles. The van der Waals surface area contributed by atoms with Crippen molar-refractivity contribution in [2.75, 3.05) is 6.54 Å². The fourth-order valence-electron chi connectivity index (χ4n) is 0.197. The third kappa shape index (κ3) is 358. The molecule has 2 unspecified atom stereocenters. The van der Waals surface area contributed by atoms with Crippen molar-refractivity contribution in [3.63, 3.8) is 0 Å². The molecule has 0 aliphatic rings. The summed E-state index contributed by atoms with van der Waals surface area (Å²) in [7, 11) is 0. The minimum atomic E-state index is -0.833. The molecule has 24 heavy (non-hydrogen) atoms. The summed E-state index contributed by atoms with van der Waals surface area (Å²) in [5.74, 6) is -3.33. The summed E-state index contributed by atoms with van der Waals surface area (Å²) in [5.41, 5.74) is 10.3. The van der Waals surface area contributed by atoms with Crippen LogP contribution in [0.25, 0.3) is 0 Å². The Kier molecular flexibility index (Phi) is 47.5. The van der Waals surface area contributed by atoms with E-state index in [4.69, 9.17) is 56.2 Å². The van der Waals surface area contributed by atoms with Crippen LogP contribution in [0.3, 0.4) is 0 Å². The maximum atomic E-state index is 9.00. The van der Waals surface area contributed by atoms with Crippen LogP contribution < -0.4 is 11.5 Å². The first-order chi connectivity index (χ1) is 10.1. The van der Waals surface area contributed by atoms with Gasteiger partial charge in [-0.1, -0.05) is 0 Å². The van der Waals surface area contributed by atoms with E-state index < -0.39 is 30.0 Å². The van der Waals surface area contributed by atoms with E-state index in [2.05, 4.69) is 0 Å². The molecule has 0 aromatic carbocycles. The number of nitrogens with two attached hydrogens (primary N) is 2. The Labute approximate surface area is 162 Å². The molecule has 12 heteroatoms. The summed E-state index contributed by atoms with van der Waals surface area (Å²) < 4.78 is 0. The Morgan fingerprint density at radius 1 is 0.792 bits per heavy atom. The summed E-state index contributed by atoms with van der Waals surface area (Å²) in [4.78, 5) is 36.0. The SMILES string of the molecule is CC(=O)O.CC(=O)O.CC(=O)O.CC(=O)O.CC(O)C(N)CN.[NaH]. The minimum absolute atomic E-state index is 0. The molecule has 0 aromatic heterocycles. The van der Waals surface area contributed by atoms with Gasteiger partial charge in [-0.05, 0) is 6.92 Å². The normalized spacial score (nSPS) is 9.67. The molecule has 0 radical (unpaired) electrons. The molecule has 0 fully saturated rings. The van der Waals surface area contributed by atoms with Gasteiger partial charge in [-0.25, -0.2) is 0 Å². The molecule has 0 aliphatic carbocycles. The van der Waals surface area contributed by atoms with Gasteiger partial charge in [0.05, 0.1) is 6.10 Å². The second kappa shape index (κ2) is 29.7. The van der Waals surface area contributed by atoms with E-state index in [1.165, 1.54) is 0 Å². The van der Waals surface area contributed by atoms with Gasteiger partial charge >= 0.3 is 29.6 Å². The van der Waals surface area contributed by atoms with E-state index in [1.807, 2.05) is 0 Å². The molecule has 0 saturated heterocycles. The van der Waals surface area contributed by atoms with Gasteiger partial charge in [-0.3, -0.25) is 19.2 Å². The number of aliphatic hydroxyl groups is 1. The Morgan fingerprint density at radius 3 is 0.917 bits per heavy atom. The van der Waals surface area contributed by atoms with Gasteiger partial charge in [0.25, 0.3) is 23.9 Å². The predicted molar refractivity (Wildman–Crippen MR) is 89.1 cm³/mol. The van der Waals surface area contributed by atoms with Crippen molar-refractivity contribution in [3.05, 3.63) is 0 Å². The van der Waals surface area contributed by atoms with Crippen molar-refractivity contribution < 1.29 is 44.7 Å². The molecule has 0 aliphatic heterocycles. The second-order valence-corrected chi connectivity index (χ2v) is 3.72. The van der Waals surface area contributed by atoms with Crippen LogP contribution in [0, 0.1) is 0 Å². The molecule has 142 valence electrons. The van der Waals surface area contributed by atoms with Gasteiger partial charge < -0.3 is 37.0 Å². The van der Waals surface area contributed by atoms with Crippen LogP contribution in [0.2, 0.25) is 0 Å². The first kappa shape index (κ1) is 38.4. The number of rotatable bonds is 2. The monoisotopic (exact) mass is 368 g/mol. The fraction of sp³-hybridized carbons (Fsp3) is 0.667. The first-order valence-corrected chi connectivity index (χ1v) is 6.03. The van der Waals surface area contributed by atoms with Crippen molar-refractivity contribution in [3.8, 4) is 0 Å². The van der Waals surface area contributed by atoms with E-state index in [9.17, 15) is 0 Å². The molecule has 2 atom stereocenters. The molecule has 0 spiro atoms. The number of aliphatic hydroxyl groups excluding tert-OH is 1.